The Labute approximate surface area is 285 Å². The average Bonchev–Trinajstić information content (AvgIpc) is 3.81. The second kappa shape index (κ2) is 10.1. The van der Waals surface area contributed by atoms with Crippen LogP contribution in [0.25, 0.3) is 97.3 Å². The van der Waals surface area contributed by atoms with Gasteiger partial charge in [-0.25, -0.2) is 4.98 Å². The van der Waals surface area contributed by atoms with Crippen LogP contribution >= 0.6 is 11.3 Å². The van der Waals surface area contributed by atoms with Crippen LogP contribution < -0.4 is 0 Å². The molecule has 0 aliphatic heterocycles. The lowest BCUT2D eigenvalue weighted by Crippen LogP contribution is -2.00. The van der Waals surface area contributed by atoms with E-state index in [1.807, 2.05) is 11.3 Å². The first-order valence-corrected chi connectivity index (χ1v) is 17.5. The summed E-state index contributed by atoms with van der Waals surface area (Å²) in [5.41, 5.74) is 9.24. The minimum Gasteiger partial charge on any atom is -0.308 e. The predicted molar refractivity (Wildman–Crippen MR) is 209 cm³/mol. The maximum Gasteiger partial charge on any atom is 0.138 e. The number of hydrogen-bond donors (Lipinski definition) is 0. The Balaban J connectivity index is 1.31. The molecule has 4 aromatic heterocycles. The van der Waals surface area contributed by atoms with Crippen LogP contribution in [0.3, 0.4) is 0 Å². The molecule has 0 radical (unpaired) electrons. The van der Waals surface area contributed by atoms with Gasteiger partial charge in [0.25, 0.3) is 0 Å². The summed E-state index contributed by atoms with van der Waals surface area (Å²) < 4.78 is 7.48. The Hall–Kier alpha value is -6.23. The van der Waals surface area contributed by atoms with Gasteiger partial charge in [0.1, 0.15) is 5.82 Å². The minimum absolute atomic E-state index is 0.914. The summed E-state index contributed by atoms with van der Waals surface area (Å²) in [4.78, 5) is 5.33. The van der Waals surface area contributed by atoms with Crippen molar-refractivity contribution < 1.29 is 0 Å². The van der Waals surface area contributed by atoms with E-state index in [2.05, 4.69) is 173 Å². The van der Waals surface area contributed by atoms with Crippen LogP contribution in [0.4, 0.5) is 0 Å². The van der Waals surface area contributed by atoms with Gasteiger partial charge in [-0.2, -0.15) is 0 Å². The van der Waals surface area contributed by atoms with Gasteiger partial charge in [0.2, 0.25) is 0 Å². The Bertz CT molecular complexity index is 3090. The fourth-order valence-corrected chi connectivity index (χ4v) is 9.20. The standard InChI is InChI=1S/C45H27N3S/c1-3-13-28(14-4-1)35-26-43(46-38-20-10-7-17-30(35)38)48-39-21-11-8-18-31(39)36-25-37-33-23-24-34-32-19-9-12-22-42(32)49-45(34)44(33)47(40(37)27-41(36)48)29-15-5-2-6-16-29/h1-27H. The maximum absolute atomic E-state index is 5.33. The number of fused-ring (bicyclic) bond motifs is 11. The van der Waals surface area contributed by atoms with E-state index < -0.39 is 0 Å². The first-order chi connectivity index (χ1) is 24.3. The molecule has 0 amide bonds. The molecule has 0 fully saturated rings. The lowest BCUT2D eigenvalue weighted by molar-refractivity contribution is 1.10. The van der Waals surface area contributed by atoms with E-state index in [0.717, 1.165) is 33.4 Å². The van der Waals surface area contributed by atoms with Gasteiger partial charge in [0, 0.05) is 48.1 Å². The van der Waals surface area contributed by atoms with Crippen molar-refractivity contribution in [1.82, 2.24) is 14.1 Å². The summed E-state index contributed by atoms with van der Waals surface area (Å²) >= 11 is 1.89. The van der Waals surface area contributed by atoms with E-state index >= 15 is 0 Å². The van der Waals surface area contributed by atoms with E-state index in [-0.39, 0.29) is 0 Å². The zero-order valence-electron chi connectivity index (χ0n) is 26.3. The average molecular weight is 642 g/mol. The molecule has 0 bridgehead atoms. The summed E-state index contributed by atoms with van der Waals surface area (Å²) in [6, 6.07) is 59.2. The van der Waals surface area contributed by atoms with Gasteiger partial charge in [0.05, 0.1) is 32.3 Å². The number of pyridine rings is 1. The molecule has 0 unspecified atom stereocenters. The number of benzene rings is 7. The zero-order valence-corrected chi connectivity index (χ0v) is 27.2. The fraction of sp³-hybridized carbons (Fsp3) is 0. The minimum atomic E-state index is 0.914. The molecule has 0 N–H and O–H groups in total. The first kappa shape index (κ1) is 26.8. The third-order valence-corrected chi connectivity index (χ3v) is 11.3. The van der Waals surface area contributed by atoms with Crippen molar-refractivity contribution in [3.8, 4) is 22.6 Å². The van der Waals surface area contributed by atoms with Crippen molar-refractivity contribution in [3.63, 3.8) is 0 Å². The van der Waals surface area contributed by atoms with Crippen molar-refractivity contribution in [2.45, 2.75) is 0 Å². The molecule has 0 saturated heterocycles. The normalized spacial score (nSPS) is 12.1. The van der Waals surface area contributed by atoms with Crippen LogP contribution in [0.5, 0.6) is 0 Å². The monoisotopic (exact) mass is 641 g/mol. The number of thiophene rings is 1. The highest BCUT2D eigenvalue weighted by Crippen LogP contribution is 2.45. The molecule has 3 nitrogen and oxygen atoms in total. The van der Waals surface area contributed by atoms with Gasteiger partial charge in [-0.05, 0) is 59.7 Å². The number of hydrogen-bond acceptors (Lipinski definition) is 2. The molecule has 0 aliphatic carbocycles. The van der Waals surface area contributed by atoms with E-state index in [4.69, 9.17) is 4.98 Å². The van der Waals surface area contributed by atoms with E-state index in [9.17, 15) is 0 Å². The van der Waals surface area contributed by atoms with E-state index in [0.29, 0.717) is 0 Å². The highest BCUT2D eigenvalue weighted by atomic mass is 32.1. The molecular weight excluding hydrogens is 615 g/mol. The molecule has 0 atom stereocenters. The number of aromatic nitrogens is 3. The van der Waals surface area contributed by atoms with Crippen molar-refractivity contribution in [2.75, 3.05) is 0 Å². The van der Waals surface area contributed by atoms with Crippen molar-refractivity contribution >= 4 is 86.0 Å². The van der Waals surface area contributed by atoms with E-state index in [1.54, 1.807) is 0 Å². The summed E-state index contributed by atoms with van der Waals surface area (Å²) in [7, 11) is 0. The van der Waals surface area contributed by atoms with Crippen LogP contribution in [0.15, 0.2) is 164 Å². The third kappa shape index (κ3) is 3.80. The molecule has 0 spiro atoms. The Morgan fingerprint density at radius 3 is 1.94 bits per heavy atom. The fourth-order valence-electron chi connectivity index (χ4n) is 7.96. The van der Waals surface area contributed by atoms with Crippen LogP contribution in [0, 0.1) is 0 Å². The van der Waals surface area contributed by atoms with Crippen LogP contribution in [0.2, 0.25) is 0 Å². The van der Waals surface area contributed by atoms with E-state index in [1.165, 1.54) is 63.9 Å². The quantitative estimate of drug-likeness (QED) is 0.188. The largest absolute Gasteiger partial charge is 0.308 e. The molecular formula is C45H27N3S. The van der Waals surface area contributed by atoms with Gasteiger partial charge in [-0.3, -0.25) is 4.57 Å². The highest BCUT2D eigenvalue weighted by molar-refractivity contribution is 7.26. The lowest BCUT2D eigenvalue weighted by atomic mass is 10.0. The van der Waals surface area contributed by atoms with Crippen molar-refractivity contribution in [1.29, 1.82) is 0 Å². The molecule has 7 aromatic carbocycles. The van der Waals surface area contributed by atoms with Gasteiger partial charge in [-0.1, -0.05) is 115 Å². The summed E-state index contributed by atoms with van der Waals surface area (Å²) in [5.74, 6) is 0.914. The van der Waals surface area contributed by atoms with Crippen molar-refractivity contribution in [3.05, 3.63) is 164 Å². The third-order valence-electron chi connectivity index (χ3n) is 10.1. The predicted octanol–water partition coefficient (Wildman–Crippen LogP) is 12.5. The molecule has 4 heterocycles. The Morgan fingerprint density at radius 1 is 0.429 bits per heavy atom. The number of para-hydroxylation sites is 3. The van der Waals surface area contributed by atoms with Crippen LogP contribution in [0.1, 0.15) is 0 Å². The number of rotatable bonds is 3. The molecule has 11 aromatic rings. The molecule has 4 heteroatoms. The van der Waals surface area contributed by atoms with Gasteiger partial charge < -0.3 is 4.57 Å². The smallest absolute Gasteiger partial charge is 0.138 e. The lowest BCUT2D eigenvalue weighted by Gasteiger charge is -2.13. The molecule has 228 valence electrons. The summed E-state index contributed by atoms with van der Waals surface area (Å²) in [6.07, 6.45) is 0. The summed E-state index contributed by atoms with van der Waals surface area (Å²) in [6.45, 7) is 0. The summed E-state index contributed by atoms with van der Waals surface area (Å²) in [5, 5.41) is 8.74. The molecule has 0 aliphatic rings. The second-order valence-electron chi connectivity index (χ2n) is 12.8. The second-order valence-corrected chi connectivity index (χ2v) is 13.8. The van der Waals surface area contributed by atoms with Gasteiger partial charge >= 0.3 is 0 Å². The number of nitrogens with zero attached hydrogens (tertiary/aromatic N) is 3. The Morgan fingerprint density at radius 2 is 1.08 bits per heavy atom. The highest BCUT2D eigenvalue weighted by Gasteiger charge is 2.22. The topological polar surface area (TPSA) is 22.8 Å². The van der Waals surface area contributed by atoms with Crippen LogP contribution in [-0.2, 0) is 0 Å². The molecule has 0 saturated carbocycles. The van der Waals surface area contributed by atoms with Crippen LogP contribution in [-0.4, -0.2) is 14.1 Å². The zero-order chi connectivity index (χ0) is 32.1. The maximum atomic E-state index is 5.33. The van der Waals surface area contributed by atoms with Gasteiger partial charge in [0.15, 0.2) is 0 Å². The first-order valence-electron chi connectivity index (χ1n) is 16.6. The Kier molecular flexibility index (Phi) is 5.54. The van der Waals surface area contributed by atoms with Gasteiger partial charge in [-0.15, -0.1) is 11.3 Å². The molecule has 49 heavy (non-hydrogen) atoms. The van der Waals surface area contributed by atoms with Crippen molar-refractivity contribution in [2.24, 2.45) is 0 Å². The SMILES string of the molecule is c1ccc(-c2cc(-n3c4ccccc4c4cc5c6ccc7c8ccccc8sc7c6n(-c6ccccc6)c5cc43)nc3ccccc23)cc1. The molecule has 11 rings (SSSR count).